The van der Waals surface area contributed by atoms with Crippen LogP contribution in [0, 0.1) is 6.92 Å². The van der Waals surface area contributed by atoms with E-state index in [0.717, 1.165) is 0 Å². The summed E-state index contributed by atoms with van der Waals surface area (Å²) in [5.41, 5.74) is 2.68. The Morgan fingerprint density at radius 1 is 1.50 bits per heavy atom. The highest BCUT2D eigenvalue weighted by Crippen LogP contribution is 2.34. The highest BCUT2D eigenvalue weighted by molar-refractivity contribution is 5.31. The number of likely N-dealkylation sites (tertiary alicyclic amines) is 1. The van der Waals surface area contributed by atoms with Crippen molar-refractivity contribution in [3.8, 4) is 5.88 Å². The number of hydrogen-bond acceptors (Lipinski definition) is 3. The van der Waals surface area contributed by atoms with Crippen LogP contribution in [-0.2, 0) is 0 Å². The lowest BCUT2D eigenvalue weighted by atomic mass is 10.0. The highest BCUT2D eigenvalue weighted by Gasteiger charge is 2.26. The Kier molecular flexibility index (Phi) is 4.59. The third-order valence-electron chi connectivity index (χ3n) is 3.86. The summed E-state index contributed by atoms with van der Waals surface area (Å²) in [4.78, 5) is 6.98. The zero-order valence-corrected chi connectivity index (χ0v) is 11.8. The normalized spacial score (nSPS) is 20.3. The molecule has 2 rings (SSSR count). The fourth-order valence-corrected chi connectivity index (χ4v) is 2.81. The van der Waals surface area contributed by atoms with Gasteiger partial charge in [-0.3, -0.25) is 4.90 Å². The molecule has 0 bridgehead atoms. The van der Waals surface area contributed by atoms with E-state index in [2.05, 4.69) is 23.7 Å². The molecule has 1 aliphatic heterocycles. The molecule has 1 fully saturated rings. The Morgan fingerprint density at radius 2 is 2.33 bits per heavy atom. The van der Waals surface area contributed by atoms with Crippen LogP contribution >= 0.6 is 0 Å². The first kappa shape index (κ1) is 13.3. The van der Waals surface area contributed by atoms with E-state index in [9.17, 15) is 0 Å². The van der Waals surface area contributed by atoms with E-state index >= 15 is 0 Å². The van der Waals surface area contributed by atoms with Crippen LogP contribution in [0.25, 0.3) is 0 Å². The van der Waals surface area contributed by atoms with Gasteiger partial charge in [0.15, 0.2) is 0 Å². The predicted molar refractivity (Wildman–Crippen MR) is 74.0 cm³/mol. The zero-order chi connectivity index (χ0) is 13.0. The number of aryl methyl sites for hydroxylation is 1. The molecule has 2 heterocycles. The third-order valence-corrected chi connectivity index (χ3v) is 3.86. The minimum Gasteiger partial charge on any atom is -0.481 e. The first-order valence-electron chi connectivity index (χ1n) is 7.00. The molecule has 1 aromatic rings. The van der Waals surface area contributed by atoms with Crippen molar-refractivity contribution < 1.29 is 4.74 Å². The smallest absolute Gasteiger partial charge is 0.213 e. The Labute approximate surface area is 110 Å². The molecule has 0 saturated carbocycles. The van der Waals surface area contributed by atoms with Gasteiger partial charge in [0.25, 0.3) is 0 Å². The summed E-state index contributed by atoms with van der Waals surface area (Å²) in [6, 6.07) is 2.61. The largest absolute Gasteiger partial charge is 0.481 e. The first-order valence-corrected chi connectivity index (χ1v) is 7.00. The molecule has 18 heavy (non-hydrogen) atoms. The number of nitrogens with zero attached hydrogens (tertiary/aromatic N) is 2. The van der Waals surface area contributed by atoms with Crippen molar-refractivity contribution in [1.82, 2.24) is 9.88 Å². The van der Waals surface area contributed by atoms with Crippen LogP contribution in [0.4, 0.5) is 0 Å². The van der Waals surface area contributed by atoms with Crippen LogP contribution < -0.4 is 4.74 Å². The Bertz CT molecular complexity index is 392. The molecule has 100 valence electrons. The Morgan fingerprint density at radius 3 is 3.00 bits per heavy atom. The molecule has 3 heteroatoms. The summed E-state index contributed by atoms with van der Waals surface area (Å²) in [7, 11) is 1.67. The van der Waals surface area contributed by atoms with Gasteiger partial charge in [0, 0.05) is 18.3 Å². The lowest BCUT2D eigenvalue weighted by Crippen LogP contribution is -2.25. The van der Waals surface area contributed by atoms with Crippen molar-refractivity contribution in [2.45, 2.75) is 45.6 Å². The lowest BCUT2D eigenvalue weighted by molar-refractivity contribution is 0.252. The summed E-state index contributed by atoms with van der Waals surface area (Å²) in [5.74, 6) is 0.717. The number of hydrogen-bond donors (Lipinski definition) is 0. The van der Waals surface area contributed by atoms with Gasteiger partial charge < -0.3 is 4.74 Å². The quantitative estimate of drug-likeness (QED) is 0.799. The van der Waals surface area contributed by atoms with Crippen molar-refractivity contribution in [3.05, 3.63) is 23.4 Å². The number of rotatable bonds is 5. The van der Waals surface area contributed by atoms with Gasteiger partial charge in [-0.15, -0.1) is 0 Å². The summed E-state index contributed by atoms with van der Waals surface area (Å²) < 4.78 is 5.18. The summed E-state index contributed by atoms with van der Waals surface area (Å²) in [6.07, 6.45) is 7.13. The molecule has 3 nitrogen and oxygen atoms in total. The number of methoxy groups -OCH3 is 1. The molecule has 0 spiro atoms. The minimum absolute atomic E-state index is 0.565. The van der Waals surface area contributed by atoms with Gasteiger partial charge >= 0.3 is 0 Å². The number of aromatic nitrogens is 1. The number of ether oxygens (including phenoxy) is 1. The Balaban J connectivity index is 2.14. The molecule has 0 aliphatic carbocycles. The van der Waals surface area contributed by atoms with E-state index < -0.39 is 0 Å². The monoisotopic (exact) mass is 248 g/mol. The van der Waals surface area contributed by atoms with Gasteiger partial charge in [-0.05, 0) is 50.4 Å². The van der Waals surface area contributed by atoms with Gasteiger partial charge in [0.1, 0.15) is 0 Å². The number of pyridine rings is 1. The number of unbranched alkanes of at least 4 members (excludes halogenated alkanes) is 1. The van der Waals surface area contributed by atoms with E-state index in [0.29, 0.717) is 11.9 Å². The molecule has 0 N–H and O–H groups in total. The second-order valence-electron chi connectivity index (χ2n) is 5.13. The van der Waals surface area contributed by atoms with Crippen molar-refractivity contribution in [2.24, 2.45) is 0 Å². The van der Waals surface area contributed by atoms with Crippen molar-refractivity contribution in [1.29, 1.82) is 0 Å². The van der Waals surface area contributed by atoms with Crippen LogP contribution in [0.15, 0.2) is 12.3 Å². The molecule has 1 aliphatic rings. The van der Waals surface area contributed by atoms with Gasteiger partial charge in [0.2, 0.25) is 5.88 Å². The van der Waals surface area contributed by atoms with Crippen LogP contribution in [0.1, 0.15) is 49.8 Å². The summed E-state index contributed by atoms with van der Waals surface area (Å²) in [6.45, 7) is 6.86. The zero-order valence-electron chi connectivity index (χ0n) is 11.8. The van der Waals surface area contributed by atoms with Crippen LogP contribution in [0.5, 0.6) is 5.88 Å². The fourth-order valence-electron chi connectivity index (χ4n) is 2.81. The molecule has 1 atom stereocenters. The van der Waals surface area contributed by atoms with Crippen molar-refractivity contribution >= 4 is 0 Å². The maximum absolute atomic E-state index is 5.18. The second kappa shape index (κ2) is 6.19. The van der Waals surface area contributed by atoms with Gasteiger partial charge in [-0.25, -0.2) is 4.98 Å². The molecule has 0 unspecified atom stereocenters. The van der Waals surface area contributed by atoms with Gasteiger partial charge in [-0.1, -0.05) is 13.3 Å². The van der Waals surface area contributed by atoms with Crippen molar-refractivity contribution in [2.75, 3.05) is 20.2 Å². The molecule has 1 saturated heterocycles. The van der Waals surface area contributed by atoms with Crippen LogP contribution in [0.3, 0.4) is 0 Å². The summed E-state index contributed by atoms with van der Waals surface area (Å²) in [5, 5.41) is 0. The topological polar surface area (TPSA) is 25.4 Å². The first-order chi connectivity index (χ1) is 8.76. The highest BCUT2D eigenvalue weighted by atomic mass is 16.5. The van der Waals surface area contributed by atoms with E-state index in [-0.39, 0.29) is 0 Å². The van der Waals surface area contributed by atoms with Crippen LogP contribution in [0.2, 0.25) is 0 Å². The average Bonchev–Trinajstić information content (AvgIpc) is 2.84. The van der Waals surface area contributed by atoms with Gasteiger partial charge in [-0.2, -0.15) is 0 Å². The molecule has 0 radical (unpaired) electrons. The maximum Gasteiger partial charge on any atom is 0.213 e. The van der Waals surface area contributed by atoms with E-state index in [1.54, 1.807) is 7.11 Å². The molecule has 1 aromatic heterocycles. The van der Waals surface area contributed by atoms with Crippen LogP contribution in [-0.4, -0.2) is 30.1 Å². The molecule has 0 aromatic carbocycles. The van der Waals surface area contributed by atoms with Gasteiger partial charge in [0.05, 0.1) is 7.11 Å². The lowest BCUT2D eigenvalue weighted by Gasteiger charge is -2.25. The molecule has 0 amide bonds. The fraction of sp³-hybridized carbons (Fsp3) is 0.667. The minimum atomic E-state index is 0.565. The van der Waals surface area contributed by atoms with E-state index in [1.807, 2.05) is 12.3 Å². The molecular weight excluding hydrogens is 224 g/mol. The SMILES string of the molecule is CCCCN1CCC[C@@H]1c1cnc(OC)cc1C. The van der Waals surface area contributed by atoms with Crippen molar-refractivity contribution in [3.63, 3.8) is 0 Å². The summed E-state index contributed by atoms with van der Waals surface area (Å²) >= 11 is 0. The maximum atomic E-state index is 5.18. The third kappa shape index (κ3) is 2.83. The van der Waals surface area contributed by atoms with E-state index in [1.165, 1.54) is 49.9 Å². The molecular formula is C15H24N2O. The average molecular weight is 248 g/mol. The Hall–Kier alpha value is -1.09. The standard InChI is InChI=1S/C15H24N2O/c1-4-5-8-17-9-6-7-14(17)13-11-16-15(18-3)10-12(13)2/h10-11,14H,4-9H2,1-3H3/t14-/m1/s1. The van der Waals surface area contributed by atoms with E-state index in [4.69, 9.17) is 4.74 Å². The predicted octanol–water partition coefficient (Wildman–Crippen LogP) is 3.34. The second-order valence-corrected chi connectivity index (χ2v) is 5.13.